The Kier molecular flexibility index (Phi) is 3.40. The molecule has 7 nitrogen and oxygen atoms in total. The van der Waals surface area contributed by atoms with Crippen molar-refractivity contribution in [2.45, 2.75) is 25.8 Å². The van der Waals surface area contributed by atoms with Crippen molar-refractivity contribution in [2.75, 3.05) is 0 Å². The Morgan fingerprint density at radius 2 is 2.28 bits per heavy atom. The average Bonchev–Trinajstić information content (AvgIpc) is 3.20. The van der Waals surface area contributed by atoms with Crippen molar-refractivity contribution in [3.8, 4) is 0 Å². The number of amidine groups is 1. The summed E-state index contributed by atoms with van der Waals surface area (Å²) in [5.74, 6) is -0.111. The number of carbonyl (C=O) groups is 1. The fourth-order valence-corrected chi connectivity index (χ4v) is 1.65. The summed E-state index contributed by atoms with van der Waals surface area (Å²) in [6.45, 7) is 1.79. The maximum Gasteiger partial charge on any atom is 0.272 e. The van der Waals surface area contributed by atoms with Crippen LogP contribution in [0.1, 0.15) is 29.0 Å². The molecule has 1 fully saturated rings. The van der Waals surface area contributed by atoms with Gasteiger partial charge >= 0.3 is 0 Å². The second-order valence-corrected chi connectivity index (χ2v) is 4.36. The third-order valence-electron chi connectivity index (χ3n) is 2.83. The third-order valence-corrected chi connectivity index (χ3v) is 2.83. The molecular formula is C11H15N5O2. The lowest BCUT2D eigenvalue weighted by molar-refractivity contribution is 0.0937. The molecule has 1 aliphatic rings. The second kappa shape index (κ2) is 4.99. The van der Waals surface area contributed by atoms with E-state index in [0.717, 1.165) is 18.5 Å². The summed E-state index contributed by atoms with van der Waals surface area (Å²) in [5.41, 5.74) is 6.52. The minimum absolute atomic E-state index is 0.0194. The molecule has 1 amide bonds. The first-order valence-corrected chi connectivity index (χ1v) is 5.68. The summed E-state index contributed by atoms with van der Waals surface area (Å²) < 4.78 is 0. The molecule has 0 radical (unpaired) electrons. The van der Waals surface area contributed by atoms with Crippen LogP contribution in [-0.2, 0) is 0 Å². The Hall–Kier alpha value is -2.18. The molecule has 1 aromatic rings. The van der Waals surface area contributed by atoms with Gasteiger partial charge in [-0.1, -0.05) is 5.16 Å². The van der Waals surface area contributed by atoms with Gasteiger partial charge in [0, 0.05) is 6.20 Å². The van der Waals surface area contributed by atoms with Crippen LogP contribution in [0.15, 0.2) is 17.5 Å². The van der Waals surface area contributed by atoms with Crippen LogP contribution in [0.3, 0.4) is 0 Å². The number of aryl methyl sites for hydroxylation is 1. The van der Waals surface area contributed by atoms with Crippen LogP contribution >= 0.6 is 0 Å². The topological polar surface area (TPSA) is 113 Å². The number of rotatable bonds is 4. The van der Waals surface area contributed by atoms with Crippen LogP contribution in [0.5, 0.6) is 0 Å². The molecule has 0 aliphatic heterocycles. The molecule has 1 heterocycles. The smallest absolute Gasteiger partial charge is 0.272 e. The maximum absolute atomic E-state index is 11.9. The summed E-state index contributed by atoms with van der Waals surface area (Å²) in [6.07, 6.45) is 4.84. The Morgan fingerprint density at radius 1 is 1.56 bits per heavy atom. The first-order chi connectivity index (χ1) is 8.61. The molecule has 18 heavy (non-hydrogen) atoms. The highest BCUT2D eigenvalue weighted by Crippen LogP contribution is 2.32. The first kappa shape index (κ1) is 12.3. The van der Waals surface area contributed by atoms with Crippen molar-refractivity contribution in [3.05, 3.63) is 23.8 Å². The Balaban J connectivity index is 2.07. The van der Waals surface area contributed by atoms with Crippen LogP contribution < -0.4 is 11.1 Å². The van der Waals surface area contributed by atoms with Crippen molar-refractivity contribution < 1.29 is 10.0 Å². The number of hydrogen-bond acceptors (Lipinski definition) is 5. The van der Waals surface area contributed by atoms with Crippen LogP contribution in [0.4, 0.5) is 0 Å². The summed E-state index contributed by atoms with van der Waals surface area (Å²) in [7, 11) is 0. The molecule has 1 atom stereocenters. The minimum Gasteiger partial charge on any atom is -0.409 e. The maximum atomic E-state index is 11.9. The molecule has 0 saturated heterocycles. The van der Waals surface area contributed by atoms with Gasteiger partial charge in [-0.3, -0.25) is 9.78 Å². The fraction of sp³-hybridized carbons (Fsp3) is 0.455. The van der Waals surface area contributed by atoms with E-state index < -0.39 is 6.04 Å². The number of hydrogen-bond donors (Lipinski definition) is 3. The number of carbonyl (C=O) groups excluding carboxylic acids is 1. The van der Waals surface area contributed by atoms with Gasteiger partial charge in [-0.05, 0) is 25.7 Å². The van der Waals surface area contributed by atoms with E-state index in [1.165, 1.54) is 12.4 Å². The number of oxime groups is 1. The van der Waals surface area contributed by atoms with Gasteiger partial charge in [-0.2, -0.15) is 0 Å². The molecule has 0 spiro atoms. The number of nitrogens with zero attached hydrogens (tertiary/aromatic N) is 3. The summed E-state index contributed by atoms with van der Waals surface area (Å²) in [4.78, 5) is 19.9. The molecule has 2 rings (SSSR count). The average molecular weight is 249 g/mol. The van der Waals surface area contributed by atoms with Gasteiger partial charge in [-0.15, -0.1) is 0 Å². The van der Waals surface area contributed by atoms with Crippen molar-refractivity contribution in [2.24, 2.45) is 16.8 Å². The molecule has 0 aromatic carbocycles. The van der Waals surface area contributed by atoms with Gasteiger partial charge in [0.05, 0.1) is 17.9 Å². The van der Waals surface area contributed by atoms with Gasteiger partial charge in [0.1, 0.15) is 5.69 Å². The van der Waals surface area contributed by atoms with Crippen LogP contribution in [0.25, 0.3) is 0 Å². The van der Waals surface area contributed by atoms with Crippen LogP contribution in [-0.4, -0.2) is 33.0 Å². The zero-order valence-corrected chi connectivity index (χ0v) is 10.00. The lowest BCUT2D eigenvalue weighted by Gasteiger charge is -2.16. The van der Waals surface area contributed by atoms with Gasteiger partial charge in [0.25, 0.3) is 5.91 Å². The molecule has 0 bridgehead atoms. The lowest BCUT2D eigenvalue weighted by Crippen LogP contribution is -2.46. The minimum atomic E-state index is -0.439. The van der Waals surface area contributed by atoms with Gasteiger partial charge in [0.15, 0.2) is 5.84 Å². The van der Waals surface area contributed by atoms with E-state index in [4.69, 9.17) is 10.9 Å². The predicted octanol–water partition coefficient (Wildman–Crippen LogP) is 0.0398. The van der Waals surface area contributed by atoms with E-state index in [-0.39, 0.29) is 23.4 Å². The van der Waals surface area contributed by atoms with Crippen LogP contribution in [0.2, 0.25) is 0 Å². The van der Waals surface area contributed by atoms with E-state index in [9.17, 15) is 4.79 Å². The number of nitrogens with one attached hydrogen (secondary N) is 1. The number of nitrogens with two attached hydrogens (primary N) is 1. The molecule has 1 aliphatic carbocycles. The SMILES string of the molecule is Cc1cnc(C(=O)NC(C(N)=NO)C2CC2)cn1. The molecule has 1 unspecified atom stereocenters. The fourth-order valence-electron chi connectivity index (χ4n) is 1.65. The number of amides is 1. The molecule has 1 aromatic heterocycles. The van der Waals surface area contributed by atoms with Gasteiger partial charge < -0.3 is 16.3 Å². The van der Waals surface area contributed by atoms with Crippen molar-refractivity contribution >= 4 is 11.7 Å². The predicted molar refractivity (Wildman–Crippen MR) is 64.2 cm³/mol. The quantitative estimate of drug-likeness (QED) is 0.302. The highest BCUT2D eigenvalue weighted by molar-refractivity contribution is 5.97. The van der Waals surface area contributed by atoms with Gasteiger partial charge in [0.2, 0.25) is 0 Å². The van der Waals surface area contributed by atoms with E-state index in [2.05, 4.69) is 20.4 Å². The highest BCUT2D eigenvalue weighted by Gasteiger charge is 2.35. The normalized spacial score (nSPS) is 17.3. The number of aromatic nitrogens is 2. The lowest BCUT2D eigenvalue weighted by atomic mass is 10.1. The standard InChI is InChI=1S/C11H15N5O2/c1-6-4-14-8(5-13-6)11(17)15-9(7-2-3-7)10(12)16-18/h4-5,7,9,18H,2-3H2,1H3,(H2,12,16)(H,15,17). The zero-order valence-electron chi connectivity index (χ0n) is 10.00. The second-order valence-electron chi connectivity index (χ2n) is 4.36. The Morgan fingerprint density at radius 3 is 2.78 bits per heavy atom. The van der Waals surface area contributed by atoms with Gasteiger partial charge in [-0.25, -0.2) is 4.98 Å². The van der Waals surface area contributed by atoms with E-state index in [1.54, 1.807) is 6.92 Å². The van der Waals surface area contributed by atoms with E-state index in [0.29, 0.717) is 0 Å². The summed E-state index contributed by atoms with van der Waals surface area (Å²) in [6, 6.07) is -0.439. The Bertz CT molecular complexity index is 467. The summed E-state index contributed by atoms with van der Waals surface area (Å²) in [5, 5.41) is 14.3. The Labute approximate surface area is 104 Å². The molecular weight excluding hydrogens is 234 g/mol. The molecule has 7 heteroatoms. The molecule has 96 valence electrons. The third kappa shape index (κ3) is 2.73. The first-order valence-electron chi connectivity index (χ1n) is 5.68. The molecule has 4 N–H and O–H groups in total. The largest absolute Gasteiger partial charge is 0.409 e. The monoisotopic (exact) mass is 249 g/mol. The van der Waals surface area contributed by atoms with Crippen molar-refractivity contribution in [1.82, 2.24) is 15.3 Å². The van der Waals surface area contributed by atoms with Crippen molar-refractivity contribution in [1.29, 1.82) is 0 Å². The van der Waals surface area contributed by atoms with Crippen LogP contribution in [0, 0.1) is 12.8 Å². The van der Waals surface area contributed by atoms with E-state index in [1.807, 2.05) is 0 Å². The highest BCUT2D eigenvalue weighted by atomic mass is 16.4. The zero-order chi connectivity index (χ0) is 13.1. The summed E-state index contributed by atoms with van der Waals surface area (Å²) >= 11 is 0. The van der Waals surface area contributed by atoms with Crippen molar-refractivity contribution in [3.63, 3.8) is 0 Å². The molecule has 1 saturated carbocycles. The van der Waals surface area contributed by atoms with E-state index >= 15 is 0 Å².